The van der Waals surface area contributed by atoms with Gasteiger partial charge >= 0.3 is 0 Å². The second kappa shape index (κ2) is 10.4. The van der Waals surface area contributed by atoms with Gasteiger partial charge in [0.25, 0.3) is 0 Å². The lowest BCUT2D eigenvalue weighted by molar-refractivity contribution is 0.408. The summed E-state index contributed by atoms with van der Waals surface area (Å²) in [5.74, 6) is 1.68. The summed E-state index contributed by atoms with van der Waals surface area (Å²) >= 11 is 0. The van der Waals surface area contributed by atoms with Crippen molar-refractivity contribution in [2.75, 3.05) is 20.7 Å². The molecule has 3 rings (SSSR count). The zero-order valence-corrected chi connectivity index (χ0v) is 19.3. The standard InChI is InChI=1S/C22H28N4O.HI/c1-15-9-10-17(21(13-15)27-4)14-25-22(23-3)24-12-11-18-16(2)26-20-8-6-5-7-19(18)20;/h5-10,13,26H,11-12,14H2,1-4H3,(H2,23,24,25);1H. The largest absolute Gasteiger partial charge is 0.496 e. The molecule has 0 aliphatic rings. The molecule has 0 aliphatic heterocycles. The monoisotopic (exact) mass is 492 g/mol. The van der Waals surface area contributed by atoms with E-state index in [1.54, 1.807) is 14.2 Å². The molecule has 0 aliphatic carbocycles. The Morgan fingerprint density at radius 2 is 1.89 bits per heavy atom. The van der Waals surface area contributed by atoms with Crippen LogP contribution in [0.25, 0.3) is 10.9 Å². The first-order valence-corrected chi connectivity index (χ1v) is 9.26. The molecule has 0 atom stereocenters. The normalized spacial score (nSPS) is 11.2. The summed E-state index contributed by atoms with van der Waals surface area (Å²) < 4.78 is 5.47. The molecule has 150 valence electrons. The van der Waals surface area contributed by atoms with Crippen molar-refractivity contribution in [3.05, 3.63) is 64.8 Å². The predicted octanol–water partition coefficient (Wildman–Crippen LogP) is 4.32. The van der Waals surface area contributed by atoms with Gasteiger partial charge in [-0.05, 0) is 43.5 Å². The van der Waals surface area contributed by atoms with E-state index in [9.17, 15) is 0 Å². The van der Waals surface area contributed by atoms with Crippen LogP contribution in [-0.2, 0) is 13.0 Å². The molecule has 6 heteroatoms. The summed E-state index contributed by atoms with van der Waals surface area (Å²) in [4.78, 5) is 7.78. The molecule has 0 amide bonds. The number of halogens is 1. The number of para-hydroxylation sites is 1. The molecule has 28 heavy (non-hydrogen) atoms. The molecule has 0 bridgehead atoms. The topological polar surface area (TPSA) is 61.4 Å². The van der Waals surface area contributed by atoms with E-state index in [-0.39, 0.29) is 24.0 Å². The first-order chi connectivity index (χ1) is 13.1. The number of aliphatic imine (C=N–C) groups is 1. The van der Waals surface area contributed by atoms with Crippen molar-refractivity contribution >= 4 is 40.8 Å². The fraction of sp³-hybridized carbons (Fsp3) is 0.318. The molecule has 0 saturated heterocycles. The second-order valence-corrected chi connectivity index (χ2v) is 6.69. The highest BCUT2D eigenvalue weighted by Crippen LogP contribution is 2.22. The first kappa shape index (κ1) is 22.1. The van der Waals surface area contributed by atoms with Crippen LogP contribution < -0.4 is 15.4 Å². The highest BCUT2D eigenvalue weighted by Gasteiger charge is 2.08. The summed E-state index contributed by atoms with van der Waals surface area (Å²) in [6.45, 7) is 5.67. The molecule has 1 aromatic heterocycles. The van der Waals surface area contributed by atoms with Crippen LogP contribution in [0.4, 0.5) is 0 Å². The number of hydrogen-bond acceptors (Lipinski definition) is 2. The molecular weight excluding hydrogens is 463 g/mol. The number of rotatable bonds is 6. The zero-order valence-electron chi connectivity index (χ0n) is 16.9. The summed E-state index contributed by atoms with van der Waals surface area (Å²) in [5, 5.41) is 8.06. The highest BCUT2D eigenvalue weighted by molar-refractivity contribution is 14.0. The van der Waals surface area contributed by atoms with Crippen LogP contribution in [0.15, 0.2) is 47.5 Å². The number of nitrogens with one attached hydrogen (secondary N) is 3. The van der Waals surface area contributed by atoms with Crippen LogP contribution in [-0.4, -0.2) is 31.6 Å². The average Bonchev–Trinajstić information content (AvgIpc) is 3.00. The molecular formula is C22H29IN4O. The zero-order chi connectivity index (χ0) is 19.2. The highest BCUT2D eigenvalue weighted by atomic mass is 127. The maximum absolute atomic E-state index is 5.47. The van der Waals surface area contributed by atoms with E-state index in [0.717, 1.165) is 30.2 Å². The molecule has 0 fully saturated rings. The van der Waals surface area contributed by atoms with Gasteiger partial charge in [0.05, 0.1) is 7.11 Å². The van der Waals surface area contributed by atoms with Crippen molar-refractivity contribution in [1.82, 2.24) is 15.6 Å². The van der Waals surface area contributed by atoms with E-state index in [1.807, 2.05) is 6.07 Å². The first-order valence-electron chi connectivity index (χ1n) is 9.26. The van der Waals surface area contributed by atoms with E-state index in [1.165, 1.54) is 27.7 Å². The van der Waals surface area contributed by atoms with Gasteiger partial charge in [-0.2, -0.15) is 0 Å². The van der Waals surface area contributed by atoms with Gasteiger partial charge in [0.1, 0.15) is 5.75 Å². The molecule has 0 radical (unpaired) electrons. The molecule has 2 aromatic carbocycles. The number of fused-ring (bicyclic) bond motifs is 1. The van der Waals surface area contributed by atoms with Crippen molar-refractivity contribution in [1.29, 1.82) is 0 Å². The number of hydrogen-bond donors (Lipinski definition) is 3. The van der Waals surface area contributed by atoms with Gasteiger partial charge in [0, 0.05) is 42.3 Å². The number of H-pyrrole nitrogens is 1. The van der Waals surface area contributed by atoms with Gasteiger partial charge in [-0.25, -0.2) is 0 Å². The summed E-state index contributed by atoms with van der Waals surface area (Å²) in [6, 6.07) is 14.7. The van der Waals surface area contributed by atoms with Gasteiger partial charge in [-0.15, -0.1) is 24.0 Å². The minimum atomic E-state index is 0. The summed E-state index contributed by atoms with van der Waals surface area (Å²) in [7, 11) is 3.49. The quantitative estimate of drug-likeness (QED) is 0.273. The molecule has 5 nitrogen and oxygen atoms in total. The van der Waals surface area contributed by atoms with Crippen LogP contribution in [0.1, 0.15) is 22.4 Å². The van der Waals surface area contributed by atoms with Gasteiger partial charge in [0.15, 0.2) is 5.96 Å². The number of guanidine groups is 1. The van der Waals surface area contributed by atoms with Gasteiger partial charge in [-0.3, -0.25) is 4.99 Å². The van der Waals surface area contributed by atoms with E-state index in [2.05, 4.69) is 70.9 Å². The predicted molar refractivity (Wildman–Crippen MR) is 128 cm³/mol. The minimum absolute atomic E-state index is 0. The fourth-order valence-electron chi connectivity index (χ4n) is 3.36. The smallest absolute Gasteiger partial charge is 0.191 e. The van der Waals surface area contributed by atoms with Crippen LogP contribution in [0.2, 0.25) is 0 Å². The van der Waals surface area contributed by atoms with Crippen molar-refractivity contribution < 1.29 is 4.74 Å². The van der Waals surface area contributed by atoms with Crippen LogP contribution >= 0.6 is 24.0 Å². The number of aromatic nitrogens is 1. The number of benzene rings is 2. The van der Waals surface area contributed by atoms with E-state index < -0.39 is 0 Å². The SMILES string of the molecule is CN=C(NCCc1c(C)[nH]c2ccccc12)NCc1ccc(C)cc1OC.I. The second-order valence-electron chi connectivity index (χ2n) is 6.69. The molecule has 0 spiro atoms. The van der Waals surface area contributed by atoms with Gasteiger partial charge in [0.2, 0.25) is 0 Å². The Labute approximate surface area is 184 Å². The van der Waals surface area contributed by atoms with Crippen molar-refractivity contribution in [2.45, 2.75) is 26.8 Å². The number of aryl methyl sites for hydroxylation is 2. The Kier molecular flexibility index (Phi) is 8.17. The van der Waals surface area contributed by atoms with Crippen LogP contribution in [0.3, 0.4) is 0 Å². The van der Waals surface area contributed by atoms with E-state index in [0.29, 0.717) is 6.54 Å². The van der Waals surface area contributed by atoms with Gasteiger partial charge in [-0.1, -0.05) is 30.3 Å². The lowest BCUT2D eigenvalue weighted by atomic mass is 10.1. The summed E-state index contributed by atoms with van der Waals surface area (Å²) in [6.07, 6.45) is 0.935. The Morgan fingerprint density at radius 3 is 2.64 bits per heavy atom. The lowest BCUT2D eigenvalue weighted by Crippen LogP contribution is -2.38. The van der Waals surface area contributed by atoms with Crippen LogP contribution in [0.5, 0.6) is 5.75 Å². The van der Waals surface area contributed by atoms with Crippen molar-refractivity contribution in [2.24, 2.45) is 4.99 Å². The lowest BCUT2D eigenvalue weighted by Gasteiger charge is -2.14. The number of methoxy groups -OCH3 is 1. The third-order valence-electron chi connectivity index (χ3n) is 4.81. The molecule has 0 saturated carbocycles. The Bertz CT molecular complexity index is 949. The third kappa shape index (κ3) is 5.19. The maximum atomic E-state index is 5.47. The molecule has 1 heterocycles. The number of aromatic amines is 1. The maximum Gasteiger partial charge on any atom is 0.191 e. The minimum Gasteiger partial charge on any atom is -0.496 e. The average molecular weight is 492 g/mol. The van der Waals surface area contributed by atoms with E-state index in [4.69, 9.17) is 4.74 Å². The Hall–Kier alpha value is -2.22. The number of ether oxygens (including phenoxy) is 1. The van der Waals surface area contributed by atoms with Crippen molar-refractivity contribution in [3.8, 4) is 5.75 Å². The third-order valence-corrected chi connectivity index (χ3v) is 4.81. The van der Waals surface area contributed by atoms with Gasteiger partial charge < -0.3 is 20.4 Å². The number of nitrogens with zero attached hydrogens (tertiary/aromatic N) is 1. The molecule has 3 aromatic rings. The molecule has 3 N–H and O–H groups in total. The fourth-order valence-corrected chi connectivity index (χ4v) is 3.36. The Balaban J connectivity index is 0.00000280. The molecule has 0 unspecified atom stereocenters. The van der Waals surface area contributed by atoms with E-state index >= 15 is 0 Å². The van der Waals surface area contributed by atoms with Crippen LogP contribution in [0, 0.1) is 13.8 Å². The summed E-state index contributed by atoms with van der Waals surface area (Å²) in [5.41, 5.74) is 6.07. The Morgan fingerprint density at radius 1 is 1.11 bits per heavy atom. The van der Waals surface area contributed by atoms with Crippen molar-refractivity contribution in [3.63, 3.8) is 0 Å².